The average Bonchev–Trinajstić information content (AvgIpc) is 3.06. The van der Waals surface area contributed by atoms with Gasteiger partial charge in [0.1, 0.15) is 11.4 Å². The summed E-state index contributed by atoms with van der Waals surface area (Å²) in [6.07, 6.45) is 3.19. The molecule has 152 valence electrons. The smallest absolute Gasteiger partial charge is 0.268 e. The van der Waals surface area contributed by atoms with Gasteiger partial charge in [0, 0.05) is 24.5 Å². The van der Waals surface area contributed by atoms with Crippen LogP contribution in [0.4, 0.5) is 5.95 Å². The maximum absolute atomic E-state index is 13.8. The Hall–Kier alpha value is -1.89. The quantitative estimate of drug-likeness (QED) is 0.681. The van der Waals surface area contributed by atoms with E-state index >= 15 is 0 Å². The van der Waals surface area contributed by atoms with Gasteiger partial charge >= 0.3 is 0 Å². The number of benzene rings is 1. The Kier molecular flexibility index (Phi) is 4.88. The minimum atomic E-state index is 0.0444. The molecule has 1 unspecified atom stereocenters. The molecular weight excluding hydrogens is 404 g/mol. The second-order valence-corrected chi connectivity index (χ2v) is 10.0. The lowest BCUT2D eigenvalue weighted by molar-refractivity contribution is -0.895. The van der Waals surface area contributed by atoms with Gasteiger partial charge in [-0.3, -0.25) is 4.79 Å². The Balaban J connectivity index is 1.75. The zero-order valence-electron chi connectivity index (χ0n) is 16.9. The Labute approximate surface area is 179 Å². The van der Waals surface area contributed by atoms with Crippen LogP contribution < -0.4 is 15.4 Å². The van der Waals surface area contributed by atoms with Gasteiger partial charge in [0.2, 0.25) is 5.95 Å². The van der Waals surface area contributed by atoms with E-state index in [1.807, 2.05) is 24.3 Å². The number of rotatable bonds is 2. The van der Waals surface area contributed by atoms with Crippen molar-refractivity contribution in [1.29, 1.82) is 0 Å². The zero-order valence-corrected chi connectivity index (χ0v) is 18.4. The second-order valence-electron chi connectivity index (χ2n) is 8.52. The highest BCUT2D eigenvalue weighted by Gasteiger charge is 2.28. The van der Waals surface area contributed by atoms with E-state index in [0.717, 1.165) is 67.3 Å². The van der Waals surface area contributed by atoms with Crippen LogP contribution in [0, 0.1) is 5.92 Å². The highest BCUT2D eigenvalue weighted by atomic mass is 35.5. The van der Waals surface area contributed by atoms with E-state index in [0.29, 0.717) is 10.9 Å². The fraction of sp³-hybridized carbons (Fsp3) is 0.455. The van der Waals surface area contributed by atoms with Crippen molar-refractivity contribution in [2.45, 2.75) is 32.7 Å². The molecule has 2 aliphatic rings. The van der Waals surface area contributed by atoms with Gasteiger partial charge in [0.25, 0.3) is 5.56 Å². The van der Waals surface area contributed by atoms with Crippen molar-refractivity contribution in [2.24, 2.45) is 5.92 Å². The molecule has 0 spiro atoms. The van der Waals surface area contributed by atoms with E-state index in [-0.39, 0.29) is 5.56 Å². The third-order valence-corrected chi connectivity index (χ3v) is 7.65. The fourth-order valence-electron chi connectivity index (χ4n) is 4.52. The number of hydrogen-bond donors (Lipinski definition) is 1. The van der Waals surface area contributed by atoms with Crippen molar-refractivity contribution < 1.29 is 4.90 Å². The Morgan fingerprint density at radius 2 is 2.07 bits per heavy atom. The molecule has 7 heteroatoms. The van der Waals surface area contributed by atoms with Gasteiger partial charge in [-0.05, 0) is 42.5 Å². The molecule has 2 aromatic heterocycles. The first-order valence-corrected chi connectivity index (χ1v) is 11.6. The fourth-order valence-corrected chi connectivity index (χ4v) is 6.02. The van der Waals surface area contributed by atoms with Gasteiger partial charge in [0.15, 0.2) is 0 Å². The van der Waals surface area contributed by atoms with E-state index < -0.39 is 0 Å². The van der Waals surface area contributed by atoms with Crippen LogP contribution in [0.2, 0.25) is 5.02 Å². The van der Waals surface area contributed by atoms with Crippen LogP contribution in [0.5, 0.6) is 0 Å². The summed E-state index contributed by atoms with van der Waals surface area (Å²) in [7, 11) is 2.21. The van der Waals surface area contributed by atoms with Crippen LogP contribution in [-0.4, -0.2) is 36.2 Å². The molecular formula is C22H26ClN4OS+. The predicted octanol–water partition coefficient (Wildman–Crippen LogP) is 2.91. The molecule has 4 heterocycles. The molecule has 0 radical (unpaired) electrons. The molecule has 1 atom stereocenters. The van der Waals surface area contributed by atoms with E-state index in [9.17, 15) is 4.79 Å². The topological polar surface area (TPSA) is 42.6 Å². The van der Waals surface area contributed by atoms with Crippen LogP contribution >= 0.6 is 22.9 Å². The molecule has 3 aromatic rings. The SMILES string of the molecule is CC1CCN(c2nc3sc4c(c3c(=O)n2-c2cccc(Cl)c2)CC[NH+](C)C4)CC1. The van der Waals surface area contributed by atoms with E-state index in [4.69, 9.17) is 16.6 Å². The van der Waals surface area contributed by atoms with Crippen molar-refractivity contribution in [3.63, 3.8) is 0 Å². The van der Waals surface area contributed by atoms with Gasteiger partial charge in [0.05, 0.1) is 29.5 Å². The summed E-state index contributed by atoms with van der Waals surface area (Å²) in [5, 5.41) is 1.44. The predicted molar refractivity (Wildman–Crippen MR) is 120 cm³/mol. The summed E-state index contributed by atoms with van der Waals surface area (Å²) < 4.78 is 1.79. The van der Waals surface area contributed by atoms with Crippen molar-refractivity contribution in [3.8, 4) is 5.69 Å². The molecule has 0 saturated carbocycles. The Morgan fingerprint density at radius 3 is 2.83 bits per heavy atom. The maximum atomic E-state index is 13.8. The molecule has 5 rings (SSSR count). The number of thiophene rings is 1. The molecule has 0 aliphatic carbocycles. The summed E-state index contributed by atoms with van der Waals surface area (Å²) in [6, 6.07) is 7.56. The van der Waals surface area contributed by atoms with Gasteiger partial charge in [-0.1, -0.05) is 24.6 Å². The van der Waals surface area contributed by atoms with Crippen LogP contribution in [-0.2, 0) is 13.0 Å². The van der Waals surface area contributed by atoms with Crippen molar-refractivity contribution in [3.05, 3.63) is 50.1 Å². The minimum Gasteiger partial charge on any atom is -0.342 e. The first-order valence-electron chi connectivity index (χ1n) is 10.4. The maximum Gasteiger partial charge on any atom is 0.268 e. The second kappa shape index (κ2) is 7.42. The summed E-state index contributed by atoms with van der Waals surface area (Å²) >= 11 is 7.99. The summed E-state index contributed by atoms with van der Waals surface area (Å²) in [6.45, 7) is 6.18. The standard InChI is InChI=1S/C22H25ClN4OS/c1-14-6-10-26(11-7-14)22-24-20-19(17-8-9-25(2)13-18(17)29-20)21(28)27(22)16-5-3-4-15(23)12-16/h3-5,12,14H,6-11,13H2,1-2H3/p+1. The molecule has 1 saturated heterocycles. The number of anilines is 1. The molecule has 2 aliphatic heterocycles. The van der Waals surface area contributed by atoms with Crippen LogP contribution in [0.1, 0.15) is 30.2 Å². The summed E-state index contributed by atoms with van der Waals surface area (Å²) in [4.78, 5) is 24.9. The monoisotopic (exact) mass is 429 g/mol. The lowest BCUT2D eigenvalue weighted by Gasteiger charge is -2.32. The number of nitrogens with one attached hydrogen (secondary N) is 1. The van der Waals surface area contributed by atoms with E-state index in [1.54, 1.807) is 15.9 Å². The average molecular weight is 430 g/mol. The van der Waals surface area contributed by atoms with E-state index in [2.05, 4.69) is 18.9 Å². The molecule has 5 nitrogen and oxygen atoms in total. The number of likely N-dealkylation sites (N-methyl/N-ethyl adjacent to an activating group) is 1. The van der Waals surface area contributed by atoms with Crippen LogP contribution in [0.3, 0.4) is 0 Å². The van der Waals surface area contributed by atoms with Crippen molar-refractivity contribution in [1.82, 2.24) is 9.55 Å². The van der Waals surface area contributed by atoms with E-state index in [1.165, 1.54) is 15.3 Å². The highest BCUT2D eigenvalue weighted by molar-refractivity contribution is 7.18. The first kappa shape index (κ1) is 19.1. The zero-order chi connectivity index (χ0) is 20.1. The Bertz CT molecular complexity index is 1130. The van der Waals surface area contributed by atoms with Gasteiger partial charge < -0.3 is 9.80 Å². The van der Waals surface area contributed by atoms with Crippen LogP contribution in [0.25, 0.3) is 15.9 Å². The van der Waals surface area contributed by atoms with Crippen molar-refractivity contribution in [2.75, 3.05) is 31.6 Å². The number of nitrogens with zero attached hydrogens (tertiary/aromatic N) is 3. The molecule has 1 aromatic carbocycles. The lowest BCUT2D eigenvalue weighted by Crippen LogP contribution is -3.08. The lowest BCUT2D eigenvalue weighted by atomic mass is 9.99. The number of aromatic nitrogens is 2. The first-order chi connectivity index (χ1) is 14.0. The normalized spacial score (nSPS) is 20.2. The third kappa shape index (κ3) is 3.37. The van der Waals surface area contributed by atoms with Gasteiger partial charge in [-0.2, -0.15) is 0 Å². The number of quaternary nitrogens is 1. The molecule has 1 N–H and O–H groups in total. The molecule has 0 bridgehead atoms. The molecule has 29 heavy (non-hydrogen) atoms. The highest BCUT2D eigenvalue weighted by Crippen LogP contribution is 2.32. The van der Waals surface area contributed by atoms with Crippen LogP contribution in [0.15, 0.2) is 29.1 Å². The minimum absolute atomic E-state index is 0.0444. The molecule has 0 amide bonds. The number of piperidine rings is 1. The van der Waals surface area contributed by atoms with Gasteiger partial charge in [-0.15, -0.1) is 11.3 Å². The number of hydrogen-bond acceptors (Lipinski definition) is 4. The van der Waals surface area contributed by atoms with Gasteiger partial charge in [-0.25, -0.2) is 9.55 Å². The summed E-state index contributed by atoms with van der Waals surface area (Å²) in [5.74, 6) is 1.48. The van der Waals surface area contributed by atoms with Crippen molar-refractivity contribution >= 4 is 39.1 Å². The largest absolute Gasteiger partial charge is 0.342 e. The third-order valence-electron chi connectivity index (χ3n) is 6.29. The number of halogens is 1. The summed E-state index contributed by atoms with van der Waals surface area (Å²) in [5.41, 5.74) is 2.05. The molecule has 1 fully saturated rings. The Morgan fingerprint density at radius 1 is 1.28 bits per heavy atom. The number of fused-ring (bicyclic) bond motifs is 3.